The maximum Gasteiger partial charge on any atom is 0.324 e. The normalized spacial score (nSPS) is 18.3. The molecule has 6 nitrogen and oxygen atoms in total. The molecule has 2 heterocycles. The van der Waals surface area contributed by atoms with Crippen LogP contribution in [0.25, 0.3) is 0 Å². The summed E-state index contributed by atoms with van der Waals surface area (Å²) in [5, 5.41) is 9.47. The molecule has 1 aliphatic rings. The fraction of sp³-hybridized carbons (Fsp3) is 0.562. The van der Waals surface area contributed by atoms with E-state index in [1.807, 2.05) is 17.1 Å². The molecular weight excluding hydrogens is 280 g/mol. The van der Waals surface area contributed by atoms with E-state index in [-0.39, 0.29) is 0 Å². The van der Waals surface area contributed by atoms with Crippen LogP contribution in [0.4, 0.5) is 5.95 Å². The molecule has 0 aliphatic carbocycles. The molecule has 0 amide bonds. The van der Waals surface area contributed by atoms with E-state index in [2.05, 4.69) is 21.8 Å². The zero-order valence-corrected chi connectivity index (χ0v) is 13.1. The van der Waals surface area contributed by atoms with Crippen molar-refractivity contribution in [1.29, 1.82) is 0 Å². The Morgan fingerprint density at radius 3 is 2.77 bits per heavy atom. The van der Waals surface area contributed by atoms with Gasteiger partial charge in [-0.2, -0.15) is 0 Å². The van der Waals surface area contributed by atoms with Gasteiger partial charge in [-0.1, -0.05) is 25.5 Å². The summed E-state index contributed by atoms with van der Waals surface area (Å²) >= 11 is 0. The van der Waals surface area contributed by atoms with Crippen LogP contribution < -0.4 is 4.90 Å². The second kappa shape index (κ2) is 8.48. The highest BCUT2D eigenvalue weighted by Gasteiger charge is 2.25. The van der Waals surface area contributed by atoms with Crippen molar-refractivity contribution in [3.63, 3.8) is 0 Å². The number of hydrogen-bond donors (Lipinski definition) is 1. The molecule has 1 aliphatic heterocycles. The predicted octanol–water partition coefficient (Wildman–Crippen LogP) is 1.80. The van der Waals surface area contributed by atoms with Crippen LogP contribution in [0.2, 0.25) is 0 Å². The minimum Gasteiger partial charge on any atom is -0.480 e. The number of anilines is 1. The second-order valence-electron chi connectivity index (χ2n) is 5.43. The van der Waals surface area contributed by atoms with Gasteiger partial charge in [-0.25, -0.2) is 9.97 Å². The van der Waals surface area contributed by atoms with Crippen molar-refractivity contribution in [2.75, 3.05) is 31.1 Å². The lowest BCUT2D eigenvalue weighted by Gasteiger charge is -2.25. The first kappa shape index (κ1) is 16.4. The van der Waals surface area contributed by atoms with Gasteiger partial charge in [-0.15, -0.1) is 0 Å². The van der Waals surface area contributed by atoms with Crippen molar-refractivity contribution >= 4 is 11.9 Å². The summed E-state index contributed by atoms with van der Waals surface area (Å²) in [6.07, 6.45) is 10.1. The number of carboxylic acids is 1. The Kier molecular flexibility index (Phi) is 6.33. The van der Waals surface area contributed by atoms with Gasteiger partial charge in [-0.3, -0.25) is 9.69 Å². The van der Waals surface area contributed by atoms with Gasteiger partial charge < -0.3 is 10.0 Å². The quantitative estimate of drug-likeness (QED) is 0.808. The summed E-state index contributed by atoms with van der Waals surface area (Å²) in [4.78, 5) is 24.2. The van der Waals surface area contributed by atoms with E-state index in [4.69, 9.17) is 0 Å². The topological polar surface area (TPSA) is 69.6 Å². The maximum absolute atomic E-state index is 11.5. The molecule has 1 saturated heterocycles. The number of carboxylic acid groups (broad SMARTS) is 1. The summed E-state index contributed by atoms with van der Waals surface area (Å²) in [6.45, 7) is 5.16. The Bertz CT molecular complexity index is 492. The lowest BCUT2D eigenvalue weighted by atomic mass is 10.2. The number of aromatic nitrogens is 2. The smallest absolute Gasteiger partial charge is 0.324 e. The average molecular weight is 304 g/mol. The van der Waals surface area contributed by atoms with Gasteiger partial charge in [0.1, 0.15) is 6.04 Å². The average Bonchev–Trinajstić information content (AvgIpc) is 2.78. The summed E-state index contributed by atoms with van der Waals surface area (Å²) in [5.74, 6) is -0.0606. The van der Waals surface area contributed by atoms with Crippen LogP contribution >= 0.6 is 0 Å². The Hall–Kier alpha value is -1.95. The third-order valence-corrected chi connectivity index (χ3v) is 3.79. The fourth-order valence-corrected chi connectivity index (χ4v) is 2.62. The minimum absolute atomic E-state index is 0.539. The van der Waals surface area contributed by atoms with Crippen LogP contribution in [0.3, 0.4) is 0 Å². The van der Waals surface area contributed by atoms with E-state index in [1.54, 1.807) is 18.5 Å². The molecule has 2 rings (SSSR count). The van der Waals surface area contributed by atoms with Crippen LogP contribution in [0.5, 0.6) is 0 Å². The highest BCUT2D eigenvalue weighted by Crippen LogP contribution is 2.13. The number of rotatable bonds is 6. The van der Waals surface area contributed by atoms with E-state index >= 15 is 0 Å². The van der Waals surface area contributed by atoms with E-state index in [0.717, 1.165) is 44.8 Å². The third-order valence-electron chi connectivity index (χ3n) is 3.79. The zero-order valence-electron chi connectivity index (χ0n) is 13.1. The second-order valence-corrected chi connectivity index (χ2v) is 5.43. The first-order valence-electron chi connectivity index (χ1n) is 7.88. The Morgan fingerprint density at radius 1 is 1.32 bits per heavy atom. The number of nitrogens with zero attached hydrogens (tertiary/aromatic N) is 4. The molecule has 1 aromatic heterocycles. The van der Waals surface area contributed by atoms with Crippen molar-refractivity contribution in [3.8, 4) is 0 Å². The van der Waals surface area contributed by atoms with Crippen LogP contribution in [0.15, 0.2) is 30.6 Å². The molecule has 1 N–H and O–H groups in total. The first-order valence-corrected chi connectivity index (χ1v) is 7.88. The van der Waals surface area contributed by atoms with E-state index in [9.17, 15) is 9.90 Å². The molecule has 0 saturated carbocycles. The number of aliphatic carboxylic acids is 1. The van der Waals surface area contributed by atoms with Crippen molar-refractivity contribution < 1.29 is 9.90 Å². The Morgan fingerprint density at radius 2 is 2.09 bits per heavy atom. The zero-order chi connectivity index (χ0) is 15.8. The van der Waals surface area contributed by atoms with E-state index < -0.39 is 12.0 Å². The van der Waals surface area contributed by atoms with Crippen molar-refractivity contribution in [2.45, 2.75) is 32.2 Å². The van der Waals surface area contributed by atoms with Crippen molar-refractivity contribution in [2.24, 2.45) is 0 Å². The molecule has 22 heavy (non-hydrogen) atoms. The van der Waals surface area contributed by atoms with Gasteiger partial charge >= 0.3 is 5.97 Å². The maximum atomic E-state index is 11.5. The van der Waals surface area contributed by atoms with Gasteiger partial charge in [-0.05, 0) is 18.9 Å². The molecule has 1 atom stereocenters. The molecule has 0 radical (unpaired) electrons. The van der Waals surface area contributed by atoms with E-state index in [1.165, 1.54) is 0 Å². The summed E-state index contributed by atoms with van der Waals surface area (Å²) in [7, 11) is 0. The largest absolute Gasteiger partial charge is 0.480 e. The minimum atomic E-state index is -0.781. The highest BCUT2D eigenvalue weighted by atomic mass is 16.4. The fourth-order valence-electron chi connectivity index (χ4n) is 2.62. The van der Waals surface area contributed by atoms with Gasteiger partial charge in [0.25, 0.3) is 0 Å². The van der Waals surface area contributed by atoms with Crippen molar-refractivity contribution in [3.05, 3.63) is 30.6 Å². The monoisotopic (exact) mass is 304 g/mol. The van der Waals surface area contributed by atoms with Crippen LogP contribution in [0.1, 0.15) is 26.2 Å². The summed E-state index contributed by atoms with van der Waals surface area (Å²) in [5.41, 5.74) is 0. The standard InChI is InChI=1S/C16H24N4O2/c1-2-3-4-7-14(15(21)22)19-10-6-11-20(13-12-19)16-17-8-5-9-18-16/h4-5,7-9,14H,2-3,6,10-13H2,1H3,(H,21,22)/b7-4+. The number of hydrogen-bond acceptors (Lipinski definition) is 5. The lowest BCUT2D eigenvalue weighted by Crippen LogP contribution is -2.42. The predicted molar refractivity (Wildman–Crippen MR) is 85.9 cm³/mol. The van der Waals surface area contributed by atoms with Crippen molar-refractivity contribution in [1.82, 2.24) is 14.9 Å². The number of carbonyl (C=O) groups is 1. The van der Waals surface area contributed by atoms with E-state index in [0.29, 0.717) is 6.54 Å². The molecule has 6 heteroatoms. The lowest BCUT2D eigenvalue weighted by molar-refractivity contribution is -0.141. The number of unbranched alkanes of at least 4 members (excludes halogenated alkanes) is 1. The molecule has 1 fully saturated rings. The molecule has 1 unspecified atom stereocenters. The molecule has 0 bridgehead atoms. The highest BCUT2D eigenvalue weighted by molar-refractivity contribution is 5.75. The summed E-state index contributed by atoms with van der Waals surface area (Å²) < 4.78 is 0. The van der Waals surface area contributed by atoms with Crippen LogP contribution in [-0.4, -0.2) is 58.2 Å². The molecular formula is C16H24N4O2. The molecule has 0 aromatic carbocycles. The van der Waals surface area contributed by atoms with Gasteiger partial charge in [0.05, 0.1) is 0 Å². The van der Waals surface area contributed by atoms with Crippen LogP contribution in [-0.2, 0) is 4.79 Å². The molecule has 1 aromatic rings. The van der Waals surface area contributed by atoms with Gasteiger partial charge in [0.15, 0.2) is 0 Å². The third kappa shape index (κ3) is 4.53. The van der Waals surface area contributed by atoms with Crippen LogP contribution in [0, 0.1) is 0 Å². The molecule has 0 spiro atoms. The number of allylic oxidation sites excluding steroid dienone is 1. The Balaban J connectivity index is 2.00. The first-order chi connectivity index (χ1) is 10.7. The summed E-state index contributed by atoms with van der Waals surface area (Å²) in [6, 6.07) is 1.26. The Labute approximate surface area is 131 Å². The van der Waals surface area contributed by atoms with Gasteiger partial charge in [0.2, 0.25) is 5.95 Å². The van der Waals surface area contributed by atoms with Gasteiger partial charge in [0, 0.05) is 38.6 Å². The molecule has 120 valence electrons. The SMILES string of the molecule is CCC/C=C/C(C(=O)O)N1CCCN(c2ncccn2)CC1.